The molecule has 2 heterocycles. The van der Waals surface area contributed by atoms with E-state index in [1.807, 2.05) is 78.6 Å². The number of aromatic nitrogens is 1. The van der Waals surface area contributed by atoms with E-state index in [4.69, 9.17) is 9.72 Å². The van der Waals surface area contributed by atoms with Gasteiger partial charge in [-0.1, -0.05) is 40.2 Å². The zero-order valence-corrected chi connectivity index (χ0v) is 20.8. The number of hydrogen-bond donors (Lipinski definition) is 1. The van der Waals surface area contributed by atoms with Gasteiger partial charge in [-0.15, -0.1) is 0 Å². The molecule has 0 spiro atoms. The molecule has 7 heteroatoms. The minimum Gasteiger partial charge on any atom is -0.492 e. The van der Waals surface area contributed by atoms with Crippen molar-refractivity contribution < 1.29 is 14.3 Å². The molecule has 176 valence electrons. The number of benzene rings is 2. The first kappa shape index (κ1) is 24.0. The molecule has 0 atom stereocenters. The van der Waals surface area contributed by atoms with Crippen molar-refractivity contribution in [2.45, 2.75) is 25.7 Å². The summed E-state index contributed by atoms with van der Waals surface area (Å²) in [5.41, 5.74) is 2.98. The fourth-order valence-electron chi connectivity index (χ4n) is 4.19. The highest BCUT2D eigenvalue weighted by atomic mass is 79.9. The molecule has 1 saturated heterocycles. The minimum absolute atomic E-state index is 0.0355. The van der Waals surface area contributed by atoms with Crippen molar-refractivity contribution in [2.75, 3.05) is 26.2 Å². The van der Waals surface area contributed by atoms with Gasteiger partial charge in [-0.3, -0.25) is 14.6 Å². The van der Waals surface area contributed by atoms with Gasteiger partial charge in [-0.2, -0.15) is 0 Å². The fraction of sp³-hybridized carbons (Fsp3) is 0.296. The summed E-state index contributed by atoms with van der Waals surface area (Å²) in [5.74, 6) is 0.798. The lowest BCUT2D eigenvalue weighted by molar-refractivity contribution is 0.0710. The molecule has 1 N–H and O–H groups in total. The molecule has 2 amide bonds. The molecule has 1 fully saturated rings. The monoisotopic (exact) mass is 521 g/mol. The normalized spacial score (nSPS) is 14.0. The van der Waals surface area contributed by atoms with Gasteiger partial charge >= 0.3 is 0 Å². The van der Waals surface area contributed by atoms with E-state index in [1.165, 1.54) is 0 Å². The lowest BCUT2D eigenvalue weighted by atomic mass is 9.89. The largest absolute Gasteiger partial charge is 0.492 e. The van der Waals surface area contributed by atoms with Crippen LogP contribution in [-0.2, 0) is 0 Å². The Morgan fingerprint density at radius 3 is 2.56 bits per heavy atom. The van der Waals surface area contributed by atoms with Crippen molar-refractivity contribution in [1.29, 1.82) is 0 Å². The second-order valence-electron chi connectivity index (χ2n) is 8.38. The second kappa shape index (κ2) is 11.3. The lowest BCUT2D eigenvalue weighted by Crippen LogP contribution is -2.38. The number of nitrogens with zero attached hydrogens (tertiary/aromatic N) is 2. The number of carbonyl (C=O) groups excluding carboxylic acids is 2. The molecule has 0 radical (unpaired) electrons. The molecule has 0 aliphatic carbocycles. The molecular formula is C27H28BrN3O3. The Bertz CT molecular complexity index is 1140. The summed E-state index contributed by atoms with van der Waals surface area (Å²) < 4.78 is 6.56. The van der Waals surface area contributed by atoms with Crippen molar-refractivity contribution in [1.82, 2.24) is 15.2 Å². The molecule has 34 heavy (non-hydrogen) atoms. The van der Waals surface area contributed by atoms with Crippen molar-refractivity contribution in [3.63, 3.8) is 0 Å². The van der Waals surface area contributed by atoms with Gasteiger partial charge in [-0.05, 0) is 62.2 Å². The highest BCUT2D eigenvalue weighted by Crippen LogP contribution is 2.30. The Balaban J connectivity index is 1.36. The van der Waals surface area contributed by atoms with Crippen molar-refractivity contribution >= 4 is 27.7 Å². The van der Waals surface area contributed by atoms with E-state index < -0.39 is 0 Å². The first-order valence-electron chi connectivity index (χ1n) is 11.5. The van der Waals surface area contributed by atoms with E-state index >= 15 is 0 Å². The highest BCUT2D eigenvalue weighted by molar-refractivity contribution is 9.10. The quantitative estimate of drug-likeness (QED) is 0.445. The molecular weight excluding hydrogens is 494 g/mol. The number of carbonyl (C=O) groups is 2. The standard InChI is InChI=1S/C27H28BrN3O3/c1-19-10-11-24(26(32)29-14-17-34-23-8-3-2-4-9-23)25(30-19)20-12-15-31(16-13-20)27(33)21-6-5-7-22(28)18-21/h2-11,18,20H,12-17H2,1H3,(H,29,32). The predicted octanol–water partition coefficient (Wildman–Crippen LogP) is 4.98. The Hall–Kier alpha value is -3.19. The van der Waals surface area contributed by atoms with Crippen LogP contribution < -0.4 is 10.1 Å². The van der Waals surface area contributed by atoms with Gasteiger partial charge < -0.3 is 15.0 Å². The van der Waals surface area contributed by atoms with E-state index in [2.05, 4.69) is 21.2 Å². The van der Waals surface area contributed by atoms with E-state index in [9.17, 15) is 9.59 Å². The molecule has 1 aliphatic rings. The van der Waals surface area contributed by atoms with E-state index in [1.54, 1.807) is 0 Å². The summed E-state index contributed by atoms with van der Waals surface area (Å²) >= 11 is 3.43. The van der Waals surface area contributed by atoms with Crippen LogP contribution in [0.2, 0.25) is 0 Å². The third-order valence-corrected chi connectivity index (χ3v) is 6.44. The van der Waals surface area contributed by atoms with Crippen LogP contribution in [0.5, 0.6) is 5.75 Å². The van der Waals surface area contributed by atoms with Crippen LogP contribution >= 0.6 is 15.9 Å². The summed E-state index contributed by atoms with van der Waals surface area (Å²) in [6.07, 6.45) is 1.54. The van der Waals surface area contributed by atoms with Crippen LogP contribution in [0.3, 0.4) is 0 Å². The van der Waals surface area contributed by atoms with Crippen LogP contribution in [0.25, 0.3) is 0 Å². The maximum absolute atomic E-state index is 12.9. The number of para-hydroxylation sites is 1. The predicted molar refractivity (Wildman–Crippen MR) is 135 cm³/mol. The number of amides is 2. The van der Waals surface area contributed by atoms with Crippen LogP contribution in [0.4, 0.5) is 0 Å². The summed E-state index contributed by atoms with van der Waals surface area (Å²) in [6.45, 7) is 4.00. The van der Waals surface area contributed by atoms with Crippen molar-refractivity contribution in [3.8, 4) is 5.75 Å². The van der Waals surface area contributed by atoms with Crippen LogP contribution in [0, 0.1) is 6.92 Å². The maximum Gasteiger partial charge on any atom is 0.253 e. The number of halogens is 1. The Labute approximate surface area is 208 Å². The number of hydrogen-bond acceptors (Lipinski definition) is 4. The molecule has 0 saturated carbocycles. The van der Waals surface area contributed by atoms with Gasteiger partial charge in [0.05, 0.1) is 17.8 Å². The maximum atomic E-state index is 12.9. The minimum atomic E-state index is -0.146. The topological polar surface area (TPSA) is 71.5 Å². The summed E-state index contributed by atoms with van der Waals surface area (Å²) in [4.78, 5) is 32.4. The summed E-state index contributed by atoms with van der Waals surface area (Å²) in [7, 11) is 0. The molecule has 6 nitrogen and oxygen atoms in total. The first-order chi connectivity index (χ1) is 16.5. The van der Waals surface area contributed by atoms with Crippen LogP contribution in [0.15, 0.2) is 71.2 Å². The number of rotatable bonds is 7. The Morgan fingerprint density at radius 2 is 1.82 bits per heavy atom. The zero-order valence-electron chi connectivity index (χ0n) is 19.2. The molecule has 1 aliphatic heterocycles. The zero-order chi connectivity index (χ0) is 23.9. The van der Waals surface area contributed by atoms with Crippen molar-refractivity contribution in [2.24, 2.45) is 0 Å². The van der Waals surface area contributed by atoms with E-state index in [0.29, 0.717) is 37.4 Å². The number of nitrogens with one attached hydrogen (secondary N) is 1. The summed E-state index contributed by atoms with van der Waals surface area (Å²) in [6, 6.07) is 20.7. The van der Waals surface area contributed by atoms with E-state index in [0.717, 1.165) is 34.5 Å². The lowest BCUT2D eigenvalue weighted by Gasteiger charge is -2.32. The van der Waals surface area contributed by atoms with Gasteiger partial charge in [-0.25, -0.2) is 0 Å². The Morgan fingerprint density at radius 1 is 1.06 bits per heavy atom. The fourth-order valence-corrected chi connectivity index (χ4v) is 4.58. The molecule has 3 aromatic rings. The van der Waals surface area contributed by atoms with Crippen LogP contribution in [0.1, 0.15) is 50.9 Å². The molecule has 2 aromatic carbocycles. The number of likely N-dealkylation sites (tertiary alicyclic amines) is 1. The SMILES string of the molecule is Cc1ccc(C(=O)NCCOc2ccccc2)c(C2CCN(C(=O)c3cccc(Br)c3)CC2)n1. The van der Waals surface area contributed by atoms with Gasteiger partial charge in [0.1, 0.15) is 12.4 Å². The van der Waals surface area contributed by atoms with Crippen LogP contribution in [-0.4, -0.2) is 47.9 Å². The van der Waals surface area contributed by atoms with Crippen molar-refractivity contribution in [3.05, 3.63) is 93.7 Å². The third kappa shape index (κ3) is 6.03. The second-order valence-corrected chi connectivity index (χ2v) is 9.30. The number of ether oxygens (including phenoxy) is 1. The molecule has 4 rings (SSSR count). The van der Waals surface area contributed by atoms with Gasteiger partial charge in [0, 0.05) is 34.7 Å². The molecule has 1 aromatic heterocycles. The number of pyridine rings is 1. The number of piperidine rings is 1. The van der Waals surface area contributed by atoms with E-state index in [-0.39, 0.29) is 17.7 Å². The van der Waals surface area contributed by atoms with Gasteiger partial charge in [0.15, 0.2) is 0 Å². The molecule has 0 unspecified atom stereocenters. The Kier molecular flexibility index (Phi) is 7.95. The average molecular weight is 522 g/mol. The first-order valence-corrected chi connectivity index (χ1v) is 12.3. The third-order valence-electron chi connectivity index (χ3n) is 5.95. The highest BCUT2D eigenvalue weighted by Gasteiger charge is 2.28. The average Bonchev–Trinajstić information content (AvgIpc) is 2.87. The van der Waals surface area contributed by atoms with Gasteiger partial charge in [0.2, 0.25) is 0 Å². The number of aryl methyl sites for hydroxylation is 1. The smallest absolute Gasteiger partial charge is 0.253 e. The van der Waals surface area contributed by atoms with Gasteiger partial charge in [0.25, 0.3) is 11.8 Å². The molecule has 0 bridgehead atoms. The summed E-state index contributed by atoms with van der Waals surface area (Å²) in [5, 5.41) is 2.95.